The fourth-order valence-electron chi connectivity index (χ4n) is 2.46. The highest BCUT2D eigenvalue weighted by Crippen LogP contribution is 2.29. The van der Waals surface area contributed by atoms with E-state index in [1.165, 1.54) is 32.5 Å². The van der Waals surface area contributed by atoms with E-state index in [9.17, 15) is 0 Å². The predicted molar refractivity (Wildman–Crippen MR) is 57.1 cm³/mol. The first-order valence-corrected chi connectivity index (χ1v) is 5.72. The number of rotatable bonds is 3. The van der Waals surface area contributed by atoms with Crippen molar-refractivity contribution in [1.29, 1.82) is 0 Å². The van der Waals surface area contributed by atoms with Crippen molar-refractivity contribution in [2.24, 2.45) is 17.1 Å². The Morgan fingerprint density at radius 3 is 2.43 bits per heavy atom. The van der Waals surface area contributed by atoms with Gasteiger partial charge in [0, 0.05) is 12.0 Å². The maximum Gasteiger partial charge on any atom is 0.0554 e. The minimum Gasteiger partial charge on any atom is -0.380 e. The number of hydrogen-bond donors (Lipinski definition) is 1. The molecule has 0 unspecified atom stereocenters. The van der Waals surface area contributed by atoms with Gasteiger partial charge in [-0.2, -0.15) is 0 Å². The maximum absolute atomic E-state index is 5.67. The van der Waals surface area contributed by atoms with Crippen molar-refractivity contribution in [3.05, 3.63) is 0 Å². The molecule has 2 N–H and O–H groups in total. The number of nitrogens with zero attached hydrogens (tertiary/aromatic N) is 1. The molecule has 0 saturated carbocycles. The lowest BCUT2D eigenvalue weighted by Gasteiger charge is -2.43. The van der Waals surface area contributed by atoms with Crippen molar-refractivity contribution in [1.82, 2.24) is 4.90 Å². The fourth-order valence-corrected chi connectivity index (χ4v) is 2.46. The Morgan fingerprint density at radius 2 is 2.00 bits per heavy atom. The Morgan fingerprint density at radius 1 is 1.36 bits per heavy atom. The third-order valence-electron chi connectivity index (χ3n) is 3.55. The molecule has 0 aliphatic carbocycles. The van der Waals surface area contributed by atoms with Crippen LogP contribution >= 0.6 is 0 Å². The summed E-state index contributed by atoms with van der Waals surface area (Å²) in [6, 6.07) is 0. The second-order valence-electron chi connectivity index (χ2n) is 5.26. The number of hydrogen-bond acceptors (Lipinski definition) is 3. The molecule has 0 aromatic rings. The van der Waals surface area contributed by atoms with Crippen LogP contribution in [-0.2, 0) is 4.74 Å². The Kier molecular flexibility index (Phi) is 3.10. The van der Waals surface area contributed by atoms with E-state index < -0.39 is 0 Å². The summed E-state index contributed by atoms with van der Waals surface area (Å²) in [5, 5.41) is 0. The summed E-state index contributed by atoms with van der Waals surface area (Å²) in [5.41, 5.74) is 6.11. The summed E-state index contributed by atoms with van der Waals surface area (Å²) in [4.78, 5) is 2.58. The number of likely N-dealkylation sites (tertiary alicyclic amines) is 1. The predicted octanol–water partition coefficient (Wildman–Crippen LogP) is 0.694. The van der Waals surface area contributed by atoms with Crippen molar-refractivity contribution < 1.29 is 4.74 Å². The molecule has 0 atom stereocenters. The van der Waals surface area contributed by atoms with Gasteiger partial charge in [0.1, 0.15) is 0 Å². The molecule has 2 rings (SSSR count). The lowest BCUT2D eigenvalue weighted by Crippen LogP contribution is -2.50. The van der Waals surface area contributed by atoms with Gasteiger partial charge in [0.25, 0.3) is 0 Å². The Labute approximate surface area is 86.6 Å². The summed E-state index contributed by atoms with van der Waals surface area (Å²) in [5.74, 6) is 0.775. The quantitative estimate of drug-likeness (QED) is 0.725. The van der Waals surface area contributed by atoms with Crippen LogP contribution in [0.3, 0.4) is 0 Å². The molecular weight excluding hydrogens is 176 g/mol. The van der Waals surface area contributed by atoms with Gasteiger partial charge in [-0.05, 0) is 38.4 Å². The molecule has 2 saturated heterocycles. The van der Waals surface area contributed by atoms with Crippen molar-refractivity contribution in [3.8, 4) is 0 Å². The van der Waals surface area contributed by atoms with Crippen molar-refractivity contribution in [2.75, 3.05) is 39.4 Å². The van der Waals surface area contributed by atoms with Gasteiger partial charge in [-0.1, -0.05) is 6.92 Å². The molecule has 2 fully saturated rings. The summed E-state index contributed by atoms with van der Waals surface area (Å²) in [7, 11) is 0. The Balaban J connectivity index is 1.73. The van der Waals surface area contributed by atoms with E-state index in [0.717, 1.165) is 25.7 Å². The highest BCUT2D eigenvalue weighted by molar-refractivity contribution is 4.86. The minimum absolute atomic E-state index is 0.440. The molecule has 14 heavy (non-hydrogen) atoms. The van der Waals surface area contributed by atoms with Crippen LogP contribution in [0, 0.1) is 11.3 Å². The molecule has 2 aliphatic rings. The van der Waals surface area contributed by atoms with Crippen LogP contribution in [0.5, 0.6) is 0 Å². The minimum atomic E-state index is 0.440. The zero-order valence-electron chi connectivity index (χ0n) is 9.17. The first kappa shape index (κ1) is 10.4. The van der Waals surface area contributed by atoms with Gasteiger partial charge in [0.15, 0.2) is 0 Å². The Bertz CT molecular complexity index is 184. The van der Waals surface area contributed by atoms with E-state index in [0.29, 0.717) is 5.41 Å². The standard InChI is InChI=1S/C11H22N2O/c1-11(8-14-9-11)7-13-4-2-10(6-12)3-5-13/h10H,2-9,12H2,1H3. The molecule has 3 heteroatoms. The molecule has 0 radical (unpaired) electrons. The first-order chi connectivity index (χ1) is 6.72. The molecule has 82 valence electrons. The topological polar surface area (TPSA) is 38.5 Å². The largest absolute Gasteiger partial charge is 0.380 e. The van der Waals surface area contributed by atoms with Crippen LogP contribution in [0.2, 0.25) is 0 Å². The van der Waals surface area contributed by atoms with Crippen molar-refractivity contribution in [2.45, 2.75) is 19.8 Å². The molecule has 0 aromatic carbocycles. The highest BCUT2D eigenvalue weighted by atomic mass is 16.5. The molecule has 0 bridgehead atoms. The lowest BCUT2D eigenvalue weighted by atomic mass is 9.86. The van der Waals surface area contributed by atoms with E-state index in [-0.39, 0.29) is 0 Å². The van der Waals surface area contributed by atoms with Crippen molar-refractivity contribution >= 4 is 0 Å². The molecule has 3 nitrogen and oxygen atoms in total. The second-order valence-corrected chi connectivity index (χ2v) is 5.26. The maximum atomic E-state index is 5.67. The van der Waals surface area contributed by atoms with E-state index in [2.05, 4.69) is 11.8 Å². The van der Waals surface area contributed by atoms with Gasteiger partial charge < -0.3 is 15.4 Å². The lowest BCUT2D eigenvalue weighted by molar-refractivity contribution is -0.117. The fraction of sp³-hybridized carbons (Fsp3) is 1.00. The highest BCUT2D eigenvalue weighted by Gasteiger charge is 2.35. The van der Waals surface area contributed by atoms with E-state index in [1.807, 2.05) is 0 Å². The van der Waals surface area contributed by atoms with Gasteiger partial charge in [-0.3, -0.25) is 0 Å². The first-order valence-electron chi connectivity index (χ1n) is 5.72. The normalized spacial score (nSPS) is 28.7. The van der Waals surface area contributed by atoms with Gasteiger partial charge in [-0.15, -0.1) is 0 Å². The summed E-state index contributed by atoms with van der Waals surface area (Å²) < 4.78 is 5.28. The van der Waals surface area contributed by atoms with E-state index in [1.54, 1.807) is 0 Å². The van der Waals surface area contributed by atoms with E-state index in [4.69, 9.17) is 10.5 Å². The van der Waals surface area contributed by atoms with Crippen LogP contribution in [0.25, 0.3) is 0 Å². The SMILES string of the molecule is CC1(CN2CCC(CN)CC2)COC1. The van der Waals surface area contributed by atoms with Crippen LogP contribution < -0.4 is 5.73 Å². The second kappa shape index (κ2) is 4.17. The smallest absolute Gasteiger partial charge is 0.0554 e. The zero-order valence-corrected chi connectivity index (χ0v) is 9.17. The molecule has 2 heterocycles. The summed E-state index contributed by atoms with van der Waals surface area (Å²) in [6.07, 6.45) is 2.57. The number of ether oxygens (including phenoxy) is 1. The number of nitrogens with two attached hydrogens (primary N) is 1. The van der Waals surface area contributed by atoms with Gasteiger partial charge in [-0.25, -0.2) is 0 Å². The molecule has 0 aromatic heterocycles. The third kappa shape index (κ3) is 2.27. The van der Waals surface area contributed by atoms with E-state index >= 15 is 0 Å². The van der Waals surface area contributed by atoms with Crippen LogP contribution in [0.15, 0.2) is 0 Å². The average molecular weight is 198 g/mol. The zero-order chi connectivity index (χ0) is 10.0. The van der Waals surface area contributed by atoms with Crippen LogP contribution in [0.1, 0.15) is 19.8 Å². The van der Waals surface area contributed by atoms with Gasteiger partial charge in [0.05, 0.1) is 13.2 Å². The van der Waals surface area contributed by atoms with Gasteiger partial charge in [0.2, 0.25) is 0 Å². The summed E-state index contributed by atoms with van der Waals surface area (Å²) >= 11 is 0. The van der Waals surface area contributed by atoms with Gasteiger partial charge >= 0.3 is 0 Å². The molecular formula is C11H22N2O. The third-order valence-corrected chi connectivity index (χ3v) is 3.55. The monoisotopic (exact) mass is 198 g/mol. The molecule has 0 spiro atoms. The van der Waals surface area contributed by atoms with Crippen molar-refractivity contribution in [3.63, 3.8) is 0 Å². The average Bonchev–Trinajstić information content (AvgIpc) is 2.17. The number of piperidine rings is 1. The molecule has 0 amide bonds. The summed E-state index contributed by atoms with van der Waals surface area (Å²) in [6.45, 7) is 8.77. The molecule has 2 aliphatic heterocycles. The van der Waals surface area contributed by atoms with Crippen LogP contribution in [-0.4, -0.2) is 44.3 Å². The Hall–Kier alpha value is -0.120. The van der Waals surface area contributed by atoms with Crippen LogP contribution in [0.4, 0.5) is 0 Å².